The van der Waals surface area contributed by atoms with Crippen molar-refractivity contribution in [2.75, 3.05) is 0 Å². The van der Waals surface area contributed by atoms with Crippen molar-refractivity contribution in [3.05, 3.63) is 0 Å². The van der Waals surface area contributed by atoms with Crippen molar-refractivity contribution in [3.63, 3.8) is 0 Å². The summed E-state index contributed by atoms with van der Waals surface area (Å²) in [4.78, 5) is 11.4. The molecule has 0 unspecified atom stereocenters. The number of carbonyl (C=O) groups is 1. The van der Waals surface area contributed by atoms with Gasteiger partial charge in [-0.15, -0.1) is 0 Å². The van der Waals surface area contributed by atoms with Crippen molar-refractivity contribution in [1.29, 1.82) is 0 Å². The Kier molecular flexibility index (Phi) is 3.39. The van der Waals surface area contributed by atoms with Crippen LogP contribution in [-0.2, 0) is 14.0 Å². The van der Waals surface area contributed by atoms with E-state index >= 15 is 0 Å². The number of carbonyl (C=O) groups excluding carboxylic acids is 1. The maximum Gasteiger partial charge on any atom is 0.306 e. The molecule has 2 atom stereocenters. The second-order valence-electron chi connectivity index (χ2n) is 7.30. The lowest BCUT2D eigenvalue weighted by atomic mass is 9.96. The third-order valence-corrected chi connectivity index (χ3v) is 9.45. The molecule has 4 heteroatoms. The monoisotopic (exact) mass is 270 g/mol. The number of hydrogen-bond acceptors (Lipinski definition) is 3. The van der Waals surface area contributed by atoms with Crippen molar-refractivity contribution in [3.8, 4) is 0 Å². The summed E-state index contributed by atoms with van der Waals surface area (Å²) in [6.07, 6.45) is 4.69. The average Bonchev–Trinajstić information content (AvgIpc) is 2.74. The van der Waals surface area contributed by atoms with Gasteiger partial charge in [0, 0.05) is 12.8 Å². The van der Waals surface area contributed by atoms with E-state index in [1.807, 2.05) is 0 Å². The highest BCUT2D eigenvalue weighted by Gasteiger charge is 2.53. The largest absolute Gasteiger partial charge is 0.456 e. The van der Waals surface area contributed by atoms with E-state index < -0.39 is 8.32 Å². The van der Waals surface area contributed by atoms with Crippen LogP contribution in [0.3, 0.4) is 0 Å². The van der Waals surface area contributed by atoms with Crippen LogP contribution in [0.2, 0.25) is 18.1 Å². The van der Waals surface area contributed by atoms with Crippen LogP contribution in [0.1, 0.15) is 52.9 Å². The van der Waals surface area contributed by atoms with Gasteiger partial charge in [-0.05, 0) is 37.4 Å². The minimum absolute atomic E-state index is 0.0410. The first-order chi connectivity index (χ1) is 8.16. The molecule has 1 saturated carbocycles. The molecule has 2 aliphatic rings. The molecule has 2 rings (SSSR count). The Morgan fingerprint density at radius 2 is 2.00 bits per heavy atom. The average molecular weight is 270 g/mol. The zero-order valence-electron chi connectivity index (χ0n) is 12.3. The minimum Gasteiger partial charge on any atom is -0.456 e. The lowest BCUT2D eigenvalue weighted by molar-refractivity contribution is -0.154. The van der Waals surface area contributed by atoms with Gasteiger partial charge in [0.15, 0.2) is 8.32 Å². The molecule has 2 fully saturated rings. The fraction of sp³-hybridized carbons (Fsp3) is 0.929. The summed E-state index contributed by atoms with van der Waals surface area (Å²) in [5.74, 6) is -0.0410. The van der Waals surface area contributed by atoms with Crippen molar-refractivity contribution in [2.24, 2.45) is 0 Å². The van der Waals surface area contributed by atoms with Gasteiger partial charge in [-0.1, -0.05) is 20.8 Å². The van der Waals surface area contributed by atoms with Crippen LogP contribution >= 0.6 is 0 Å². The zero-order valence-corrected chi connectivity index (χ0v) is 13.3. The molecule has 104 valence electrons. The van der Waals surface area contributed by atoms with Crippen LogP contribution in [0.4, 0.5) is 0 Å². The van der Waals surface area contributed by atoms with Gasteiger partial charge in [0.1, 0.15) is 5.60 Å². The zero-order chi connectivity index (χ0) is 13.6. The molecule has 1 saturated heterocycles. The summed E-state index contributed by atoms with van der Waals surface area (Å²) >= 11 is 0. The third kappa shape index (κ3) is 2.37. The van der Waals surface area contributed by atoms with Gasteiger partial charge in [0.25, 0.3) is 0 Å². The Balaban J connectivity index is 2.12. The van der Waals surface area contributed by atoms with Crippen molar-refractivity contribution < 1.29 is 14.0 Å². The lowest BCUT2D eigenvalue weighted by Gasteiger charge is -2.42. The maximum absolute atomic E-state index is 11.4. The summed E-state index contributed by atoms with van der Waals surface area (Å²) in [5.41, 5.74) is -0.285. The molecule has 1 aliphatic heterocycles. The Hall–Kier alpha value is -0.353. The first kappa shape index (κ1) is 14.1. The smallest absolute Gasteiger partial charge is 0.306 e. The van der Waals surface area contributed by atoms with Gasteiger partial charge < -0.3 is 9.16 Å². The van der Waals surface area contributed by atoms with Gasteiger partial charge in [0.2, 0.25) is 0 Å². The molecule has 0 aromatic heterocycles. The fourth-order valence-corrected chi connectivity index (χ4v) is 4.15. The molecule has 3 nitrogen and oxygen atoms in total. The predicted molar refractivity (Wildman–Crippen MR) is 74.0 cm³/mol. The highest BCUT2D eigenvalue weighted by Crippen LogP contribution is 2.47. The van der Waals surface area contributed by atoms with Crippen molar-refractivity contribution >= 4 is 14.3 Å². The molecule has 0 amide bonds. The highest BCUT2D eigenvalue weighted by molar-refractivity contribution is 6.74. The van der Waals surface area contributed by atoms with E-state index in [2.05, 4.69) is 33.9 Å². The van der Waals surface area contributed by atoms with Crippen LogP contribution in [0, 0.1) is 0 Å². The number of hydrogen-bond donors (Lipinski definition) is 0. The molecular formula is C14H26O3Si. The molecule has 0 N–H and O–H groups in total. The Bertz CT molecular complexity index is 345. The van der Waals surface area contributed by atoms with E-state index in [4.69, 9.17) is 9.16 Å². The van der Waals surface area contributed by atoms with Crippen LogP contribution < -0.4 is 0 Å². The van der Waals surface area contributed by atoms with E-state index in [9.17, 15) is 4.79 Å². The molecule has 1 aliphatic carbocycles. The van der Waals surface area contributed by atoms with Crippen LogP contribution in [0.15, 0.2) is 0 Å². The van der Waals surface area contributed by atoms with Crippen LogP contribution in [-0.4, -0.2) is 26.0 Å². The van der Waals surface area contributed by atoms with Crippen molar-refractivity contribution in [1.82, 2.24) is 0 Å². The first-order valence-corrected chi connectivity index (χ1v) is 9.97. The summed E-state index contributed by atoms with van der Waals surface area (Å²) in [6.45, 7) is 11.3. The van der Waals surface area contributed by atoms with Crippen LogP contribution in [0.25, 0.3) is 0 Å². The van der Waals surface area contributed by atoms with Gasteiger partial charge in [-0.25, -0.2) is 0 Å². The van der Waals surface area contributed by atoms with Gasteiger partial charge in [-0.3, -0.25) is 4.79 Å². The molecule has 0 bridgehead atoms. The first-order valence-electron chi connectivity index (χ1n) is 7.06. The van der Waals surface area contributed by atoms with Gasteiger partial charge >= 0.3 is 5.97 Å². The summed E-state index contributed by atoms with van der Waals surface area (Å²) in [7, 11) is -1.78. The van der Waals surface area contributed by atoms with E-state index in [-0.39, 0.29) is 22.7 Å². The molecule has 0 aromatic carbocycles. The number of esters is 1. The summed E-state index contributed by atoms with van der Waals surface area (Å²) < 4.78 is 12.2. The minimum atomic E-state index is -1.78. The Labute approximate surface area is 111 Å². The maximum atomic E-state index is 11.4. The second kappa shape index (κ2) is 4.34. The van der Waals surface area contributed by atoms with E-state index in [1.54, 1.807) is 0 Å². The van der Waals surface area contributed by atoms with Crippen LogP contribution in [0.5, 0.6) is 0 Å². The highest BCUT2D eigenvalue weighted by atomic mass is 28.4. The molecule has 1 spiro atoms. The molecule has 18 heavy (non-hydrogen) atoms. The van der Waals surface area contributed by atoms with Crippen molar-refractivity contribution in [2.45, 2.75) is 82.7 Å². The summed E-state index contributed by atoms with van der Waals surface area (Å²) in [5, 5.41) is 0.208. The standard InChI is InChI=1S/C14H26O3Si/c1-13(2,3)18(4,5)17-11-7-6-9-14(11)10-8-12(15)16-14/h11H,6-10H2,1-5H3/t11-,14-/m1/s1. The summed E-state index contributed by atoms with van der Waals surface area (Å²) in [6, 6.07) is 0. The second-order valence-corrected chi connectivity index (χ2v) is 12.1. The predicted octanol–water partition coefficient (Wildman–Crippen LogP) is 3.64. The third-order valence-electron chi connectivity index (χ3n) is 4.97. The quantitative estimate of drug-likeness (QED) is 0.568. The van der Waals surface area contributed by atoms with E-state index in [0.29, 0.717) is 6.42 Å². The van der Waals surface area contributed by atoms with Gasteiger partial charge in [0.05, 0.1) is 6.10 Å². The molecule has 0 aromatic rings. The van der Waals surface area contributed by atoms with E-state index in [1.165, 1.54) is 0 Å². The molecular weight excluding hydrogens is 244 g/mol. The molecule has 0 radical (unpaired) electrons. The SMILES string of the molecule is CC(C)(C)[Si](C)(C)O[C@@H]1CCC[C@@]12CCC(=O)O2. The Morgan fingerprint density at radius 3 is 2.50 bits per heavy atom. The molecule has 1 heterocycles. The lowest BCUT2D eigenvalue weighted by Crippen LogP contribution is -2.50. The topological polar surface area (TPSA) is 35.5 Å². The van der Waals surface area contributed by atoms with Gasteiger partial charge in [-0.2, -0.15) is 0 Å². The number of ether oxygens (including phenoxy) is 1. The fourth-order valence-electron chi connectivity index (χ4n) is 2.75. The normalized spacial score (nSPS) is 33.2. The Morgan fingerprint density at radius 1 is 1.33 bits per heavy atom. The van der Waals surface area contributed by atoms with E-state index in [0.717, 1.165) is 25.7 Å². The number of rotatable bonds is 2.